The number of rotatable bonds is 4. The van der Waals surface area contributed by atoms with Crippen LogP contribution in [0.3, 0.4) is 0 Å². The molecule has 0 aliphatic carbocycles. The van der Waals surface area contributed by atoms with Crippen LogP contribution in [0.2, 0.25) is 0 Å². The van der Waals surface area contributed by atoms with Gasteiger partial charge in [0.1, 0.15) is 6.04 Å². The van der Waals surface area contributed by atoms with Crippen molar-refractivity contribution in [3.05, 3.63) is 33.4 Å². The molecular formula is C14H18N2O6S. The molecule has 0 spiro atoms. The summed E-state index contributed by atoms with van der Waals surface area (Å²) in [5, 5.41) is 20.2. The third-order valence-corrected chi connectivity index (χ3v) is 6.07. The van der Waals surface area contributed by atoms with Gasteiger partial charge in [-0.05, 0) is 44.7 Å². The Morgan fingerprint density at radius 2 is 1.96 bits per heavy atom. The van der Waals surface area contributed by atoms with E-state index in [4.69, 9.17) is 0 Å². The van der Waals surface area contributed by atoms with Crippen molar-refractivity contribution in [1.82, 2.24) is 4.31 Å². The van der Waals surface area contributed by atoms with Crippen molar-refractivity contribution < 1.29 is 23.2 Å². The van der Waals surface area contributed by atoms with Crippen LogP contribution < -0.4 is 0 Å². The Balaban J connectivity index is 2.53. The van der Waals surface area contributed by atoms with Crippen molar-refractivity contribution >= 4 is 21.7 Å². The topological polar surface area (TPSA) is 118 Å². The maximum Gasteiger partial charge on any atom is 0.322 e. The third-order valence-electron chi connectivity index (χ3n) is 4.02. The van der Waals surface area contributed by atoms with E-state index in [0.717, 1.165) is 4.31 Å². The molecule has 1 N–H and O–H groups in total. The molecule has 1 saturated heterocycles. The zero-order chi connectivity index (χ0) is 17.4. The predicted octanol–water partition coefficient (Wildman–Crippen LogP) is 1.84. The van der Waals surface area contributed by atoms with Gasteiger partial charge in [0.2, 0.25) is 10.0 Å². The summed E-state index contributed by atoms with van der Waals surface area (Å²) in [6.45, 7) is 3.06. The largest absolute Gasteiger partial charge is 0.480 e. The summed E-state index contributed by atoms with van der Waals surface area (Å²) in [6.07, 6.45) is 1.51. The molecule has 2 rings (SSSR count). The van der Waals surface area contributed by atoms with E-state index in [0.29, 0.717) is 12.8 Å². The Kier molecular flexibility index (Phi) is 4.71. The van der Waals surface area contributed by atoms with Gasteiger partial charge in [0, 0.05) is 18.2 Å². The fourth-order valence-corrected chi connectivity index (χ4v) is 4.76. The Bertz CT molecular complexity index is 759. The van der Waals surface area contributed by atoms with Crippen LogP contribution in [0.15, 0.2) is 17.0 Å². The molecule has 1 aromatic rings. The molecule has 1 heterocycles. The maximum atomic E-state index is 12.8. The van der Waals surface area contributed by atoms with Gasteiger partial charge in [-0.15, -0.1) is 0 Å². The van der Waals surface area contributed by atoms with Crippen LogP contribution in [-0.2, 0) is 14.8 Å². The first-order chi connectivity index (χ1) is 10.7. The number of hydrogen-bond donors (Lipinski definition) is 1. The standard InChI is InChI=1S/C14H18N2O6S/c1-9-8-13(10(2)7-12(9)16(19)20)23(21,22)15-6-4-3-5-11(15)14(17)18/h7-8,11H,3-6H2,1-2H3,(H,17,18). The van der Waals surface area contributed by atoms with Gasteiger partial charge in [-0.1, -0.05) is 0 Å². The summed E-state index contributed by atoms with van der Waals surface area (Å²) in [4.78, 5) is 21.6. The molecule has 0 aromatic heterocycles. The Morgan fingerprint density at radius 1 is 1.30 bits per heavy atom. The number of nitro groups is 1. The molecule has 23 heavy (non-hydrogen) atoms. The smallest absolute Gasteiger partial charge is 0.322 e. The summed E-state index contributed by atoms with van der Waals surface area (Å²) in [7, 11) is -4.02. The molecule has 8 nitrogen and oxygen atoms in total. The van der Waals surface area contributed by atoms with E-state index in [9.17, 15) is 28.4 Å². The zero-order valence-electron chi connectivity index (χ0n) is 12.9. The zero-order valence-corrected chi connectivity index (χ0v) is 13.7. The van der Waals surface area contributed by atoms with E-state index in [2.05, 4.69) is 0 Å². The van der Waals surface area contributed by atoms with Crippen LogP contribution >= 0.6 is 0 Å². The highest BCUT2D eigenvalue weighted by Gasteiger charge is 2.38. The first kappa shape index (κ1) is 17.4. The highest BCUT2D eigenvalue weighted by molar-refractivity contribution is 7.89. The lowest BCUT2D eigenvalue weighted by atomic mass is 10.1. The molecule has 0 radical (unpaired) electrons. The first-order valence-corrected chi connectivity index (χ1v) is 8.60. The predicted molar refractivity (Wildman–Crippen MR) is 81.7 cm³/mol. The van der Waals surface area contributed by atoms with Gasteiger partial charge >= 0.3 is 5.97 Å². The normalized spacial score (nSPS) is 19.5. The number of sulfonamides is 1. The lowest BCUT2D eigenvalue weighted by Gasteiger charge is -2.32. The van der Waals surface area contributed by atoms with Gasteiger partial charge in [-0.2, -0.15) is 4.31 Å². The lowest BCUT2D eigenvalue weighted by molar-refractivity contribution is -0.385. The van der Waals surface area contributed by atoms with Crippen LogP contribution in [0.25, 0.3) is 0 Å². The highest BCUT2D eigenvalue weighted by atomic mass is 32.2. The molecule has 0 saturated carbocycles. The van der Waals surface area contributed by atoms with Crippen molar-refractivity contribution in [3.8, 4) is 0 Å². The van der Waals surface area contributed by atoms with Crippen LogP contribution in [0.4, 0.5) is 5.69 Å². The van der Waals surface area contributed by atoms with Crippen molar-refractivity contribution in [1.29, 1.82) is 0 Å². The first-order valence-electron chi connectivity index (χ1n) is 7.16. The van der Waals surface area contributed by atoms with E-state index in [1.54, 1.807) is 0 Å². The Hall–Kier alpha value is -2.00. The molecule has 1 aromatic carbocycles. The Morgan fingerprint density at radius 3 is 2.52 bits per heavy atom. The third kappa shape index (κ3) is 3.20. The second-order valence-electron chi connectivity index (χ2n) is 5.63. The van der Waals surface area contributed by atoms with E-state index in [1.807, 2.05) is 0 Å². The van der Waals surface area contributed by atoms with Crippen LogP contribution in [0.5, 0.6) is 0 Å². The van der Waals surface area contributed by atoms with Gasteiger partial charge in [-0.25, -0.2) is 8.42 Å². The van der Waals surface area contributed by atoms with Gasteiger partial charge in [-0.3, -0.25) is 14.9 Å². The van der Waals surface area contributed by atoms with Crippen LogP contribution in [-0.4, -0.2) is 41.3 Å². The van der Waals surface area contributed by atoms with Crippen molar-refractivity contribution in [2.24, 2.45) is 0 Å². The van der Waals surface area contributed by atoms with E-state index in [1.165, 1.54) is 26.0 Å². The fraction of sp³-hybridized carbons (Fsp3) is 0.500. The molecule has 1 atom stereocenters. The molecule has 0 bridgehead atoms. The molecule has 1 aliphatic rings. The van der Waals surface area contributed by atoms with Gasteiger partial charge in [0.15, 0.2) is 0 Å². The van der Waals surface area contributed by atoms with Crippen LogP contribution in [0, 0.1) is 24.0 Å². The fourth-order valence-electron chi connectivity index (χ4n) is 2.81. The second-order valence-corrected chi connectivity index (χ2v) is 7.49. The number of benzene rings is 1. The van der Waals surface area contributed by atoms with E-state index < -0.39 is 27.0 Å². The summed E-state index contributed by atoms with van der Waals surface area (Å²) in [5.41, 5.74) is 0.301. The maximum absolute atomic E-state index is 12.8. The molecule has 126 valence electrons. The number of aliphatic carboxylic acids is 1. The average molecular weight is 342 g/mol. The number of hydrogen-bond acceptors (Lipinski definition) is 5. The number of aryl methyl sites for hydroxylation is 2. The molecule has 0 amide bonds. The number of carboxylic acid groups (broad SMARTS) is 1. The monoisotopic (exact) mass is 342 g/mol. The molecule has 9 heteroatoms. The number of nitrogens with zero attached hydrogens (tertiary/aromatic N) is 2. The number of piperidine rings is 1. The minimum Gasteiger partial charge on any atom is -0.480 e. The van der Waals surface area contributed by atoms with Crippen molar-refractivity contribution in [2.45, 2.75) is 44.0 Å². The van der Waals surface area contributed by atoms with Crippen molar-refractivity contribution in [3.63, 3.8) is 0 Å². The van der Waals surface area contributed by atoms with Crippen molar-refractivity contribution in [2.75, 3.05) is 6.54 Å². The number of carbonyl (C=O) groups is 1. The quantitative estimate of drug-likeness (QED) is 0.659. The van der Waals surface area contributed by atoms with Gasteiger partial charge in [0.05, 0.1) is 9.82 Å². The minimum atomic E-state index is -4.02. The van der Waals surface area contributed by atoms with Gasteiger partial charge in [0.25, 0.3) is 5.69 Å². The number of carboxylic acids is 1. The molecule has 1 fully saturated rings. The lowest BCUT2D eigenvalue weighted by Crippen LogP contribution is -2.48. The second kappa shape index (κ2) is 6.25. The Labute approximate surface area is 133 Å². The van der Waals surface area contributed by atoms with E-state index in [-0.39, 0.29) is 34.7 Å². The molecule has 1 unspecified atom stereocenters. The number of nitro benzene ring substituents is 1. The van der Waals surface area contributed by atoms with E-state index >= 15 is 0 Å². The summed E-state index contributed by atoms with van der Waals surface area (Å²) >= 11 is 0. The summed E-state index contributed by atoms with van der Waals surface area (Å²) in [5.74, 6) is -1.18. The average Bonchev–Trinajstić information content (AvgIpc) is 2.48. The summed E-state index contributed by atoms with van der Waals surface area (Å²) < 4.78 is 26.7. The minimum absolute atomic E-state index is 0.0752. The molecule has 1 aliphatic heterocycles. The summed E-state index contributed by atoms with van der Waals surface area (Å²) in [6, 6.07) is 1.36. The van der Waals surface area contributed by atoms with Gasteiger partial charge < -0.3 is 5.11 Å². The molecular weight excluding hydrogens is 324 g/mol. The highest BCUT2D eigenvalue weighted by Crippen LogP contribution is 2.31. The van der Waals surface area contributed by atoms with Crippen LogP contribution in [0.1, 0.15) is 30.4 Å². The SMILES string of the molecule is Cc1cc(S(=O)(=O)N2CCCCC2C(=O)O)c(C)cc1[N+](=O)[O-].